The van der Waals surface area contributed by atoms with Crippen LogP contribution in [0.3, 0.4) is 0 Å². The number of hydrogen-bond acceptors (Lipinski definition) is 3. The van der Waals surface area contributed by atoms with Gasteiger partial charge in [0.05, 0.1) is 0 Å². The summed E-state index contributed by atoms with van der Waals surface area (Å²) in [6, 6.07) is 0. The van der Waals surface area contributed by atoms with E-state index in [4.69, 9.17) is 17.5 Å². The van der Waals surface area contributed by atoms with Crippen LogP contribution in [0.25, 0.3) is 0 Å². The number of hydrogen-bond donors (Lipinski definition) is 3. The third-order valence-electron chi connectivity index (χ3n) is 0. The van der Waals surface area contributed by atoms with Gasteiger partial charge in [0, 0.05) is 0 Å². The molecule has 0 saturated carbocycles. The maximum absolute atomic E-state index is 8.74. The Bertz CT molecular complexity index is 94.9. The topological polar surface area (TPSA) is 110 Å². The van der Waals surface area contributed by atoms with E-state index < -0.39 is 10.4 Å². The average molecular weight is 141 g/mol. The fourth-order valence-electron chi connectivity index (χ4n) is 0. The Morgan fingerprint density at radius 2 is 1.14 bits per heavy atom. The highest BCUT2D eigenvalue weighted by atomic mass is 32.3. The molecule has 0 amide bonds. The Labute approximate surface area is 57.4 Å². The SMILES string of the molecule is N.O=S(=O)(O)O.[MgH2]. The highest BCUT2D eigenvalue weighted by molar-refractivity contribution is 7.79. The van der Waals surface area contributed by atoms with Gasteiger partial charge in [0.2, 0.25) is 0 Å². The highest BCUT2D eigenvalue weighted by Gasteiger charge is 1.84. The molecule has 0 radical (unpaired) electrons. The molecule has 0 aliphatic heterocycles. The summed E-state index contributed by atoms with van der Waals surface area (Å²) in [7, 11) is -4.67. The van der Waals surface area contributed by atoms with Gasteiger partial charge in [-0.1, -0.05) is 0 Å². The van der Waals surface area contributed by atoms with Gasteiger partial charge in [0.1, 0.15) is 0 Å². The molecule has 0 atom stereocenters. The van der Waals surface area contributed by atoms with Crippen LogP contribution in [0.2, 0.25) is 0 Å². The molecule has 0 saturated heterocycles. The third-order valence-corrected chi connectivity index (χ3v) is 0. The first-order chi connectivity index (χ1) is 2.00. The van der Waals surface area contributed by atoms with Crippen LogP contribution in [0.15, 0.2) is 0 Å². The lowest BCUT2D eigenvalue weighted by Gasteiger charge is -1.68. The molecule has 0 fully saturated rings. The Morgan fingerprint density at radius 1 is 1.14 bits per heavy atom. The molecule has 0 rings (SSSR count). The quantitative estimate of drug-likeness (QED) is 0.284. The molecule has 0 spiro atoms. The molecule has 7 heteroatoms. The lowest BCUT2D eigenvalue weighted by Crippen LogP contribution is -1.89. The Kier molecular flexibility index (Phi) is 10.6. The van der Waals surface area contributed by atoms with Gasteiger partial charge in [-0.3, -0.25) is 9.11 Å². The van der Waals surface area contributed by atoms with Crippen LogP contribution in [0, 0.1) is 0 Å². The van der Waals surface area contributed by atoms with Crippen LogP contribution in [-0.4, -0.2) is 40.6 Å². The van der Waals surface area contributed by atoms with Crippen LogP contribution in [0.4, 0.5) is 0 Å². The van der Waals surface area contributed by atoms with Gasteiger partial charge in [0.25, 0.3) is 0 Å². The maximum atomic E-state index is 8.74. The van der Waals surface area contributed by atoms with E-state index in [2.05, 4.69) is 0 Å². The van der Waals surface area contributed by atoms with E-state index in [1.807, 2.05) is 0 Å². The van der Waals surface area contributed by atoms with E-state index in [1.165, 1.54) is 0 Å². The molecule has 0 heterocycles. The second-order valence-corrected chi connectivity index (χ2v) is 1.34. The van der Waals surface area contributed by atoms with Crippen molar-refractivity contribution in [3.8, 4) is 0 Å². The summed E-state index contributed by atoms with van der Waals surface area (Å²) in [6.07, 6.45) is 0. The van der Waals surface area contributed by atoms with Crippen LogP contribution in [0.5, 0.6) is 0 Å². The van der Waals surface area contributed by atoms with E-state index in [9.17, 15) is 0 Å². The zero-order valence-electron chi connectivity index (χ0n) is 2.83. The van der Waals surface area contributed by atoms with Gasteiger partial charge in [-0.25, -0.2) is 0 Å². The molecule has 0 bridgehead atoms. The van der Waals surface area contributed by atoms with Crippen LogP contribution in [-0.2, 0) is 10.4 Å². The number of rotatable bonds is 0. The molecule has 0 unspecified atom stereocenters. The Hall–Kier alpha value is 0.596. The van der Waals surface area contributed by atoms with Crippen molar-refractivity contribution < 1.29 is 17.5 Å². The van der Waals surface area contributed by atoms with Crippen LogP contribution >= 0.6 is 0 Å². The van der Waals surface area contributed by atoms with Gasteiger partial charge in [0.15, 0.2) is 0 Å². The summed E-state index contributed by atoms with van der Waals surface area (Å²) >= 11 is 0. The molecular formula is H7MgNO4S. The van der Waals surface area contributed by atoms with Crippen molar-refractivity contribution in [2.45, 2.75) is 0 Å². The Morgan fingerprint density at radius 3 is 1.14 bits per heavy atom. The first kappa shape index (κ1) is 15.6. The summed E-state index contributed by atoms with van der Waals surface area (Å²) in [5, 5.41) is 0. The third kappa shape index (κ3) is 392. The normalized spacial score (nSPS) is 8.29. The smallest absolute Gasteiger partial charge is 0.344 e. The van der Waals surface area contributed by atoms with Crippen molar-refractivity contribution in [3.63, 3.8) is 0 Å². The van der Waals surface area contributed by atoms with Crippen molar-refractivity contribution in [1.29, 1.82) is 0 Å². The molecule has 7 heavy (non-hydrogen) atoms. The monoisotopic (exact) mass is 141 g/mol. The van der Waals surface area contributed by atoms with E-state index in [-0.39, 0.29) is 29.2 Å². The molecule has 5 N–H and O–H groups in total. The van der Waals surface area contributed by atoms with Crippen LogP contribution in [0.1, 0.15) is 0 Å². The summed E-state index contributed by atoms with van der Waals surface area (Å²) in [4.78, 5) is 0. The molecule has 0 aromatic carbocycles. The fraction of sp³-hybridized carbons (Fsp3) is 0. The summed E-state index contributed by atoms with van der Waals surface area (Å²) in [5.41, 5.74) is 0. The minimum Gasteiger partial charge on any atom is -0.344 e. The van der Waals surface area contributed by atoms with Gasteiger partial charge in [-0.15, -0.1) is 0 Å². The van der Waals surface area contributed by atoms with Gasteiger partial charge in [-0.05, 0) is 0 Å². The molecular weight excluding hydrogens is 134 g/mol. The lowest BCUT2D eigenvalue weighted by atomic mass is 14.0. The minimum atomic E-state index is -4.67. The predicted molar refractivity (Wildman–Crippen MR) is 27.7 cm³/mol. The largest absolute Gasteiger partial charge is 0.394 e. The van der Waals surface area contributed by atoms with Gasteiger partial charge < -0.3 is 6.15 Å². The van der Waals surface area contributed by atoms with Crippen molar-refractivity contribution in [2.75, 3.05) is 0 Å². The molecule has 0 aliphatic rings. The van der Waals surface area contributed by atoms with E-state index >= 15 is 0 Å². The molecule has 5 nitrogen and oxygen atoms in total. The summed E-state index contributed by atoms with van der Waals surface area (Å²) in [6.45, 7) is 0. The van der Waals surface area contributed by atoms with Crippen molar-refractivity contribution in [2.24, 2.45) is 0 Å². The van der Waals surface area contributed by atoms with E-state index in [0.717, 1.165) is 0 Å². The molecule has 0 aromatic heterocycles. The van der Waals surface area contributed by atoms with Crippen molar-refractivity contribution >= 4 is 33.5 Å². The van der Waals surface area contributed by atoms with Crippen molar-refractivity contribution in [1.82, 2.24) is 6.15 Å². The lowest BCUT2D eigenvalue weighted by molar-refractivity contribution is 0.381. The zero-order chi connectivity index (χ0) is 4.50. The summed E-state index contributed by atoms with van der Waals surface area (Å²) in [5.74, 6) is 0. The van der Waals surface area contributed by atoms with Crippen LogP contribution < -0.4 is 6.15 Å². The minimum absolute atomic E-state index is 0. The molecule has 0 aliphatic carbocycles. The average Bonchev–Trinajstić information content (AvgIpc) is 0.722. The van der Waals surface area contributed by atoms with E-state index in [1.54, 1.807) is 0 Å². The first-order valence-corrected chi connectivity index (χ1v) is 2.10. The Balaban J connectivity index is -0.0000000800. The maximum Gasteiger partial charge on any atom is 0.394 e. The first-order valence-electron chi connectivity index (χ1n) is 0.698. The fourth-order valence-corrected chi connectivity index (χ4v) is 0. The van der Waals surface area contributed by atoms with E-state index in [0.29, 0.717) is 0 Å². The predicted octanol–water partition coefficient (Wildman–Crippen LogP) is -1.41. The second kappa shape index (κ2) is 4.75. The second-order valence-electron chi connectivity index (χ2n) is 0.448. The zero-order valence-corrected chi connectivity index (χ0v) is 3.64. The van der Waals surface area contributed by atoms with Gasteiger partial charge in [-0.2, -0.15) is 8.42 Å². The molecule has 0 aromatic rings. The molecule has 44 valence electrons. The van der Waals surface area contributed by atoms with Gasteiger partial charge >= 0.3 is 33.5 Å². The standard InChI is InChI=1S/Mg.H3N.H2O4S.2H/c;;1-5(2,3)4;;/h;1H3;(H2,1,2,3,4);;. The van der Waals surface area contributed by atoms with Crippen molar-refractivity contribution in [3.05, 3.63) is 0 Å². The highest BCUT2D eigenvalue weighted by Crippen LogP contribution is 1.59. The summed E-state index contributed by atoms with van der Waals surface area (Å²) < 4.78 is 31.6.